The van der Waals surface area contributed by atoms with Crippen molar-refractivity contribution in [1.29, 1.82) is 0 Å². The molecule has 1 fully saturated rings. The minimum absolute atomic E-state index is 0.00903. The van der Waals surface area contributed by atoms with Crippen LogP contribution < -0.4 is 5.32 Å². The van der Waals surface area contributed by atoms with Crippen LogP contribution in [0, 0.1) is 6.92 Å². The molecule has 1 amide bonds. The van der Waals surface area contributed by atoms with Crippen molar-refractivity contribution in [2.45, 2.75) is 32.3 Å². The molecule has 1 unspecified atom stereocenters. The van der Waals surface area contributed by atoms with E-state index in [1.807, 2.05) is 19.1 Å². The Bertz CT molecular complexity index is 600. The van der Waals surface area contributed by atoms with Crippen LogP contribution in [-0.4, -0.2) is 30.1 Å². The van der Waals surface area contributed by atoms with Gasteiger partial charge < -0.3 is 14.5 Å². The van der Waals surface area contributed by atoms with Gasteiger partial charge in [0.15, 0.2) is 5.76 Å². The van der Waals surface area contributed by atoms with Crippen molar-refractivity contribution in [1.82, 2.24) is 10.3 Å². The minimum atomic E-state index is -0.00903. The number of amides is 1. The highest BCUT2D eigenvalue weighted by molar-refractivity contribution is 7.12. The van der Waals surface area contributed by atoms with Crippen LogP contribution in [0.4, 0.5) is 0 Å². The second kappa shape index (κ2) is 6.41. The quantitative estimate of drug-likeness (QED) is 0.922. The van der Waals surface area contributed by atoms with Gasteiger partial charge in [0.25, 0.3) is 0 Å². The van der Waals surface area contributed by atoms with Gasteiger partial charge in [0.2, 0.25) is 5.91 Å². The highest BCUT2D eigenvalue weighted by atomic mass is 32.1. The zero-order valence-electron chi connectivity index (χ0n) is 11.9. The molecule has 112 valence electrons. The minimum Gasteiger partial charge on any atom is -0.463 e. The molecule has 6 heteroatoms. The summed E-state index contributed by atoms with van der Waals surface area (Å²) in [7, 11) is 0. The number of carbonyl (C=O) groups excluding carboxylic acids is 1. The fourth-order valence-electron chi connectivity index (χ4n) is 2.40. The molecule has 5 nitrogen and oxygen atoms in total. The molecule has 3 rings (SSSR count). The summed E-state index contributed by atoms with van der Waals surface area (Å²) in [6.07, 6.45) is 4.21. The number of nitrogens with zero attached hydrogens (tertiary/aromatic N) is 1. The summed E-state index contributed by atoms with van der Waals surface area (Å²) in [6, 6.07) is 3.71. The van der Waals surface area contributed by atoms with Crippen molar-refractivity contribution in [3.8, 4) is 11.5 Å². The molecule has 1 N–H and O–H groups in total. The zero-order valence-corrected chi connectivity index (χ0v) is 12.7. The first-order valence-electron chi connectivity index (χ1n) is 7.11. The number of carbonyl (C=O) groups is 1. The molecule has 3 heterocycles. The molecule has 0 saturated carbocycles. The maximum atomic E-state index is 12.0. The van der Waals surface area contributed by atoms with E-state index in [-0.39, 0.29) is 12.0 Å². The van der Waals surface area contributed by atoms with E-state index < -0.39 is 0 Å². The normalized spacial score (nSPS) is 18.0. The number of aryl methyl sites for hydroxylation is 1. The van der Waals surface area contributed by atoms with E-state index in [1.165, 1.54) is 11.3 Å². The highest BCUT2D eigenvalue weighted by Crippen LogP contribution is 2.27. The predicted octanol–water partition coefficient (Wildman–Crippen LogP) is 2.55. The molecule has 1 aliphatic rings. The van der Waals surface area contributed by atoms with Crippen LogP contribution in [0.25, 0.3) is 11.5 Å². The van der Waals surface area contributed by atoms with E-state index in [4.69, 9.17) is 9.15 Å². The lowest BCUT2D eigenvalue weighted by Gasteiger charge is -2.09. The smallest absolute Gasteiger partial charge is 0.226 e. The van der Waals surface area contributed by atoms with Crippen molar-refractivity contribution in [2.75, 3.05) is 13.2 Å². The van der Waals surface area contributed by atoms with Gasteiger partial charge in [-0.2, -0.15) is 0 Å². The number of thiazole rings is 1. The molecular weight excluding hydrogens is 288 g/mol. The van der Waals surface area contributed by atoms with Crippen LogP contribution in [0.15, 0.2) is 22.8 Å². The highest BCUT2D eigenvalue weighted by Gasteiger charge is 2.18. The Kier molecular flexibility index (Phi) is 4.36. The van der Waals surface area contributed by atoms with E-state index >= 15 is 0 Å². The monoisotopic (exact) mass is 306 g/mol. The Balaban J connectivity index is 1.57. The standard InChI is InChI=1S/C15H18N2O3S/c1-10-15(12-5-3-7-20-12)17-14(21-10)8-13(18)16-9-11-4-2-6-19-11/h3,5,7,11H,2,4,6,8-9H2,1H3,(H,16,18). The third kappa shape index (κ3) is 3.51. The van der Waals surface area contributed by atoms with E-state index in [0.29, 0.717) is 13.0 Å². The van der Waals surface area contributed by atoms with Gasteiger partial charge in [-0.05, 0) is 31.9 Å². The molecule has 2 aromatic heterocycles. The number of nitrogens with one attached hydrogen (secondary N) is 1. The molecule has 2 aromatic rings. The molecule has 21 heavy (non-hydrogen) atoms. The molecular formula is C15H18N2O3S. The number of ether oxygens (including phenoxy) is 1. The molecule has 0 bridgehead atoms. The Morgan fingerprint density at radius 3 is 3.19 bits per heavy atom. The second-order valence-corrected chi connectivity index (χ2v) is 6.39. The van der Waals surface area contributed by atoms with Crippen molar-refractivity contribution in [3.63, 3.8) is 0 Å². The first-order chi connectivity index (χ1) is 10.2. The van der Waals surface area contributed by atoms with Crippen LogP contribution in [-0.2, 0) is 16.0 Å². The Labute approximate surface area is 127 Å². The maximum absolute atomic E-state index is 12.0. The number of furan rings is 1. The molecule has 1 aliphatic heterocycles. The van der Waals surface area contributed by atoms with E-state index in [2.05, 4.69) is 10.3 Å². The second-order valence-electron chi connectivity index (χ2n) is 5.11. The van der Waals surface area contributed by atoms with Gasteiger partial charge in [0, 0.05) is 18.0 Å². The third-order valence-corrected chi connectivity index (χ3v) is 4.43. The van der Waals surface area contributed by atoms with E-state index in [9.17, 15) is 4.79 Å². The lowest BCUT2D eigenvalue weighted by Crippen LogP contribution is -2.32. The molecule has 0 aromatic carbocycles. The number of hydrogen-bond donors (Lipinski definition) is 1. The van der Waals surface area contributed by atoms with Gasteiger partial charge in [-0.25, -0.2) is 4.98 Å². The fraction of sp³-hybridized carbons (Fsp3) is 0.467. The SMILES string of the molecule is Cc1sc(CC(=O)NCC2CCCO2)nc1-c1ccco1. The number of aromatic nitrogens is 1. The molecule has 0 radical (unpaired) electrons. The topological polar surface area (TPSA) is 64.4 Å². The summed E-state index contributed by atoms with van der Waals surface area (Å²) in [6.45, 7) is 3.39. The maximum Gasteiger partial charge on any atom is 0.226 e. The van der Waals surface area contributed by atoms with Gasteiger partial charge in [-0.15, -0.1) is 11.3 Å². The van der Waals surface area contributed by atoms with Gasteiger partial charge in [0.05, 0.1) is 18.8 Å². The van der Waals surface area contributed by atoms with Crippen molar-refractivity contribution >= 4 is 17.2 Å². The molecule has 1 atom stereocenters. The van der Waals surface area contributed by atoms with Crippen molar-refractivity contribution < 1.29 is 13.9 Å². The first kappa shape index (κ1) is 14.3. The van der Waals surface area contributed by atoms with Crippen LogP contribution >= 0.6 is 11.3 Å². The molecule has 0 spiro atoms. The van der Waals surface area contributed by atoms with Gasteiger partial charge >= 0.3 is 0 Å². The average molecular weight is 306 g/mol. The Hall–Kier alpha value is -1.66. The summed E-state index contributed by atoms with van der Waals surface area (Å²) in [5, 5.41) is 3.72. The first-order valence-corrected chi connectivity index (χ1v) is 7.92. The van der Waals surface area contributed by atoms with E-state index in [0.717, 1.165) is 40.8 Å². The van der Waals surface area contributed by atoms with Crippen molar-refractivity contribution in [2.24, 2.45) is 0 Å². The van der Waals surface area contributed by atoms with E-state index in [1.54, 1.807) is 6.26 Å². The lowest BCUT2D eigenvalue weighted by atomic mass is 10.2. The van der Waals surface area contributed by atoms with Crippen LogP contribution in [0.5, 0.6) is 0 Å². The largest absolute Gasteiger partial charge is 0.463 e. The van der Waals surface area contributed by atoms with Crippen LogP contribution in [0.3, 0.4) is 0 Å². The van der Waals surface area contributed by atoms with Gasteiger partial charge in [-0.3, -0.25) is 4.79 Å². The molecule has 1 saturated heterocycles. The number of rotatable bonds is 5. The van der Waals surface area contributed by atoms with Gasteiger partial charge in [0.1, 0.15) is 10.7 Å². The van der Waals surface area contributed by atoms with Crippen LogP contribution in [0.2, 0.25) is 0 Å². The number of hydrogen-bond acceptors (Lipinski definition) is 5. The van der Waals surface area contributed by atoms with Crippen molar-refractivity contribution in [3.05, 3.63) is 28.3 Å². The zero-order chi connectivity index (χ0) is 14.7. The fourth-order valence-corrected chi connectivity index (χ4v) is 3.34. The lowest BCUT2D eigenvalue weighted by molar-refractivity contribution is -0.120. The summed E-state index contributed by atoms with van der Waals surface area (Å²) in [5.74, 6) is 0.736. The summed E-state index contributed by atoms with van der Waals surface area (Å²) >= 11 is 1.54. The average Bonchev–Trinajstić information content (AvgIpc) is 3.18. The summed E-state index contributed by atoms with van der Waals surface area (Å²) in [4.78, 5) is 17.5. The summed E-state index contributed by atoms with van der Waals surface area (Å²) < 4.78 is 10.8. The van der Waals surface area contributed by atoms with Crippen LogP contribution in [0.1, 0.15) is 22.7 Å². The summed E-state index contributed by atoms with van der Waals surface area (Å²) in [5.41, 5.74) is 0.826. The Morgan fingerprint density at radius 1 is 1.57 bits per heavy atom. The molecule has 0 aliphatic carbocycles. The van der Waals surface area contributed by atoms with Gasteiger partial charge in [-0.1, -0.05) is 0 Å². The predicted molar refractivity (Wildman–Crippen MR) is 80.2 cm³/mol. The Morgan fingerprint density at radius 2 is 2.48 bits per heavy atom. The third-order valence-electron chi connectivity index (χ3n) is 3.46.